The van der Waals surface area contributed by atoms with Crippen molar-refractivity contribution in [2.45, 2.75) is 11.8 Å². The predicted octanol–water partition coefficient (Wildman–Crippen LogP) is 2.46. The van der Waals surface area contributed by atoms with E-state index >= 15 is 0 Å². The molecule has 0 saturated carbocycles. The quantitative estimate of drug-likeness (QED) is 0.823. The zero-order chi connectivity index (χ0) is 16.3. The molecule has 1 aromatic rings. The van der Waals surface area contributed by atoms with Gasteiger partial charge in [-0.1, -0.05) is 29.3 Å². The molecule has 1 fully saturated rings. The molecule has 1 heterocycles. The standard InChI is InChI=1S/C13H16Cl2N2O4S/c1-2-21-13(18)16-6-8-17(9-7-16)22(19,20)12-10(14)4-3-5-11(12)15/h3-5H,2,6-9H2,1H3. The van der Waals surface area contributed by atoms with E-state index in [1.165, 1.54) is 21.3 Å². The first-order chi connectivity index (χ1) is 10.4. The maximum atomic E-state index is 12.7. The average Bonchev–Trinajstić information content (AvgIpc) is 2.47. The molecule has 0 aliphatic carbocycles. The number of sulfonamides is 1. The van der Waals surface area contributed by atoms with Gasteiger partial charge in [0.1, 0.15) is 4.90 Å². The van der Waals surface area contributed by atoms with Crippen LogP contribution in [0.2, 0.25) is 10.0 Å². The van der Waals surface area contributed by atoms with Crippen molar-refractivity contribution < 1.29 is 17.9 Å². The lowest BCUT2D eigenvalue weighted by molar-refractivity contribution is 0.0934. The van der Waals surface area contributed by atoms with Crippen molar-refractivity contribution >= 4 is 39.3 Å². The molecule has 0 atom stereocenters. The molecule has 0 bridgehead atoms. The molecule has 1 amide bonds. The van der Waals surface area contributed by atoms with Gasteiger partial charge in [0.2, 0.25) is 10.0 Å². The Morgan fingerprint density at radius 3 is 2.23 bits per heavy atom. The fraction of sp³-hybridized carbons (Fsp3) is 0.462. The Morgan fingerprint density at radius 2 is 1.73 bits per heavy atom. The number of carbonyl (C=O) groups excluding carboxylic acids is 1. The molecule has 0 unspecified atom stereocenters. The highest BCUT2D eigenvalue weighted by molar-refractivity contribution is 7.89. The van der Waals surface area contributed by atoms with Crippen LogP contribution in [0.25, 0.3) is 0 Å². The lowest BCUT2D eigenvalue weighted by atomic mass is 10.4. The van der Waals surface area contributed by atoms with Gasteiger partial charge in [0, 0.05) is 26.2 Å². The molecule has 0 spiro atoms. The van der Waals surface area contributed by atoms with Crippen LogP contribution in [0.4, 0.5) is 4.79 Å². The van der Waals surface area contributed by atoms with Gasteiger partial charge in [0.15, 0.2) is 0 Å². The molecule has 1 aliphatic heterocycles. The second-order valence-electron chi connectivity index (χ2n) is 4.64. The van der Waals surface area contributed by atoms with Crippen LogP contribution < -0.4 is 0 Å². The number of rotatable bonds is 3. The highest BCUT2D eigenvalue weighted by atomic mass is 35.5. The van der Waals surface area contributed by atoms with Crippen molar-refractivity contribution in [1.29, 1.82) is 0 Å². The zero-order valence-electron chi connectivity index (χ0n) is 12.0. The first-order valence-corrected chi connectivity index (χ1v) is 8.93. The van der Waals surface area contributed by atoms with Gasteiger partial charge in [-0.25, -0.2) is 13.2 Å². The number of piperazine rings is 1. The smallest absolute Gasteiger partial charge is 0.409 e. The van der Waals surface area contributed by atoms with E-state index in [1.807, 2.05) is 0 Å². The summed E-state index contributed by atoms with van der Waals surface area (Å²) in [6.07, 6.45) is -0.435. The van der Waals surface area contributed by atoms with Gasteiger partial charge in [0.05, 0.1) is 16.7 Å². The summed E-state index contributed by atoms with van der Waals surface area (Å²) in [5.74, 6) is 0. The SMILES string of the molecule is CCOC(=O)N1CCN(S(=O)(=O)c2c(Cl)cccc2Cl)CC1. The molecule has 122 valence electrons. The number of amides is 1. The average molecular weight is 367 g/mol. The van der Waals surface area contributed by atoms with Crippen LogP contribution in [0.1, 0.15) is 6.92 Å². The van der Waals surface area contributed by atoms with Crippen LogP contribution in [-0.4, -0.2) is 56.5 Å². The summed E-state index contributed by atoms with van der Waals surface area (Å²) in [6, 6.07) is 4.55. The minimum Gasteiger partial charge on any atom is -0.450 e. The van der Waals surface area contributed by atoms with Crippen molar-refractivity contribution in [3.63, 3.8) is 0 Å². The summed E-state index contributed by atoms with van der Waals surface area (Å²) < 4.78 is 31.5. The number of halogens is 2. The largest absolute Gasteiger partial charge is 0.450 e. The lowest BCUT2D eigenvalue weighted by Gasteiger charge is -2.33. The van der Waals surface area contributed by atoms with Crippen LogP contribution in [0.15, 0.2) is 23.1 Å². The minimum absolute atomic E-state index is 0.0836. The predicted molar refractivity (Wildman–Crippen MR) is 83.8 cm³/mol. The topological polar surface area (TPSA) is 66.9 Å². The summed E-state index contributed by atoms with van der Waals surface area (Å²) in [7, 11) is -3.79. The Kier molecular flexibility index (Phi) is 5.55. The molecule has 2 rings (SSSR count). The molecular formula is C13H16Cl2N2O4S. The zero-order valence-corrected chi connectivity index (χ0v) is 14.3. The van der Waals surface area contributed by atoms with Gasteiger partial charge in [-0.05, 0) is 19.1 Å². The lowest BCUT2D eigenvalue weighted by Crippen LogP contribution is -2.50. The Balaban J connectivity index is 2.15. The van der Waals surface area contributed by atoms with E-state index in [4.69, 9.17) is 27.9 Å². The van der Waals surface area contributed by atoms with E-state index in [9.17, 15) is 13.2 Å². The van der Waals surface area contributed by atoms with Crippen molar-refractivity contribution in [3.8, 4) is 0 Å². The van der Waals surface area contributed by atoms with E-state index in [-0.39, 0.29) is 47.7 Å². The number of hydrogen-bond acceptors (Lipinski definition) is 4. The number of carbonyl (C=O) groups is 1. The third kappa shape index (κ3) is 3.48. The maximum absolute atomic E-state index is 12.7. The Labute approximate surface area is 139 Å². The van der Waals surface area contributed by atoms with Crippen LogP contribution in [-0.2, 0) is 14.8 Å². The molecule has 0 N–H and O–H groups in total. The summed E-state index contributed by atoms with van der Waals surface area (Å²) in [6.45, 7) is 2.87. The second kappa shape index (κ2) is 7.04. The molecule has 22 heavy (non-hydrogen) atoms. The Morgan fingerprint density at radius 1 is 1.18 bits per heavy atom. The monoisotopic (exact) mass is 366 g/mol. The third-order valence-electron chi connectivity index (χ3n) is 3.28. The number of hydrogen-bond donors (Lipinski definition) is 0. The van der Waals surface area contributed by atoms with Gasteiger partial charge in [-0.2, -0.15) is 4.31 Å². The molecule has 1 aliphatic rings. The van der Waals surface area contributed by atoms with Crippen LogP contribution in [0.3, 0.4) is 0 Å². The van der Waals surface area contributed by atoms with Crippen molar-refractivity contribution in [2.75, 3.05) is 32.8 Å². The summed E-state index contributed by atoms with van der Waals surface area (Å²) in [5, 5.41) is 0.167. The normalized spacial score (nSPS) is 16.6. The van der Waals surface area contributed by atoms with Crippen molar-refractivity contribution in [3.05, 3.63) is 28.2 Å². The highest BCUT2D eigenvalue weighted by Gasteiger charge is 2.33. The van der Waals surface area contributed by atoms with Crippen molar-refractivity contribution in [1.82, 2.24) is 9.21 Å². The molecule has 6 nitrogen and oxygen atoms in total. The number of benzene rings is 1. The van der Waals surface area contributed by atoms with E-state index in [0.717, 1.165) is 0 Å². The fourth-order valence-electron chi connectivity index (χ4n) is 2.18. The fourth-order valence-corrected chi connectivity index (χ4v) is 4.70. The molecule has 1 saturated heterocycles. The first-order valence-electron chi connectivity index (χ1n) is 6.73. The van der Waals surface area contributed by atoms with E-state index in [1.54, 1.807) is 13.0 Å². The van der Waals surface area contributed by atoms with Gasteiger partial charge < -0.3 is 9.64 Å². The summed E-state index contributed by atoms with van der Waals surface area (Å²) in [4.78, 5) is 13.0. The van der Waals surface area contributed by atoms with Crippen LogP contribution in [0, 0.1) is 0 Å². The van der Waals surface area contributed by atoms with E-state index in [2.05, 4.69) is 0 Å². The number of nitrogens with zero attached hydrogens (tertiary/aromatic N) is 2. The van der Waals surface area contributed by atoms with Gasteiger partial charge in [-0.15, -0.1) is 0 Å². The second-order valence-corrected chi connectivity index (χ2v) is 7.33. The van der Waals surface area contributed by atoms with Gasteiger partial charge >= 0.3 is 6.09 Å². The highest BCUT2D eigenvalue weighted by Crippen LogP contribution is 2.31. The van der Waals surface area contributed by atoms with E-state index < -0.39 is 16.1 Å². The number of ether oxygens (including phenoxy) is 1. The van der Waals surface area contributed by atoms with E-state index in [0.29, 0.717) is 0 Å². The summed E-state index contributed by atoms with van der Waals surface area (Å²) in [5.41, 5.74) is 0. The molecule has 0 aromatic heterocycles. The first kappa shape index (κ1) is 17.3. The van der Waals surface area contributed by atoms with Crippen molar-refractivity contribution in [2.24, 2.45) is 0 Å². The third-order valence-corrected chi connectivity index (χ3v) is 6.14. The molecular weight excluding hydrogens is 351 g/mol. The molecule has 0 radical (unpaired) electrons. The Hall–Kier alpha value is -1.02. The summed E-state index contributed by atoms with van der Waals surface area (Å²) >= 11 is 12.0. The van der Waals surface area contributed by atoms with Gasteiger partial charge in [0.25, 0.3) is 0 Å². The van der Waals surface area contributed by atoms with Crippen LogP contribution >= 0.6 is 23.2 Å². The Bertz CT molecular complexity index is 638. The maximum Gasteiger partial charge on any atom is 0.409 e. The molecule has 1 aromatic carbocycles. The molecule has 9 heteroatoms. The van der Waals surface area contributed by atoms with Gasteiger partial charge in [-0.3, -0.25) is 0 Å². The van der Waals surface area contributed by atoms with Crippen LogP contribution in [0.5, 0.6) is 0 Å². The minimum atomic E-state index is -3.79.